The molecule has 2 aromatic rings. The number of carbonyl (C=O) groups excluding carboxylic acids is 2. The lowest BCUT2D eigenvalue weighted by Gasteiger charge is -2.35. The standard InChI is InChI=1S/C30H43N3O4/c1-30(2,3)37-29(36)32-17-14-22(15-18-32)16-19-33(28(35)23-10-6-5-7-11-23)21-25-20-24-12-8-9-13-26(24)31(4)27(25)34/h8-9,12-13,20,22-23H,5-7,10-11,14-19,21H2,1-4H3. The summed E-state index contributed by atoms with van der Waals surface area (Å²) in [6.45, 7) is 8.02. The summed E-state index contributed by atoms with van der Waals surface area (Å²) in [6.07, 6.45) is 7.74. The number of hydrogen-bond acceptors (Lipinski definition) is 4. The fourth-order valence-corrected chi connectivity index (χ4v) is 5.75. The van der Waals surface area contributed by atoms with E-state index in [1.54, 1.807) is 16.5 Å². The van der Waals surface area contributed by atoms with E-state index in [-0.39, 0.29) is 23.5 Å². The van der Waals surface area contributed by atoms with Crippen molar-refractivity contribution in [2.24, 2.45) is 18.9 Å². The minimum atomic E-state index is -0.492. The van der Waals surface area contributed by atoms with E-state index in [1.807, 2.05) is 56.0 Å². The monoisotopic (exact) mass is 509 g/mol. The fraction of sp³-hybridized carbons (Fsp3) is 0.633. The number of hydrogen-bond donors (Lipinski definition) is 0. The number of amides is 2. The molecule has 202 valence electrons. The lowest BCUT2D eigenvalue weighted by Crippen LogP contribution is -2.43. The number of aryl methyl sites for hydroxylation is 1. The van der Waals surface area contributed by atoms with E-state index in [1.165, 1.54) is 6.42 Å². The van der Waals surface area contributed by atoms with E-state index in [4.69, 9.17) is 4.74 Å². The van der Waals surface area contributed by atoms with Gasteiger partial charge in [0.1, 0.15) is 5.60 Å². The number of piperidine rings is 1. The van der Waals surface area contributed by atoms with Crippen molar-refractivity contribution in [2.75, 3.05) is 19.6 Å². The van der Waals surface area contributed by atoms with Crippen LogP contribution in [0.2, 0.25) is 0 Å². The predicted molar refractivity (Wildman–Crippen MR) is 146 cm³/mol. The number of nitrogens with zero attached hydrogens (tertiary/aromatic N) is 3. The van der Waals surface area contributed by atoms with Crippen LogP contribution in [0, 0.1) is 11.8 Å². The lowest BCUT2D eigenvalue weighted by atomic mass is 9.87. The van der Waals surface area contributed by atoms with Gasteiger partial charge in [-0.1, -0.05) is 37.5 Å². The van der Waals surface area contributed by atoms with Gasteiger partial charge in [0.25, 0.3) is 5.56 Å². The molecule has 0 spiro atoms. The first-order valence-corrected chi connectivity index (χ1v) is 14.0. The van der Waals surface area contributed by atoms with Crippen LogP contribution in [-0.2, 0) is 23.1 Å². The molecule has 0 radical (unpaired) electrons. The summed E-state index contributed by atoms with van der Waals surface area (Å²) < 4.78 is 7.22. The minimum Gasteiger partial charge on any atom is -0.444 e. The average molecular weight is 510 g/mol. The Bertz CT molecular complexity index is 1150. The van der Waals surface area contributed by atoms with Gasteiger partial charge in [-0.15, -0.1) is 0 Å². The van der Waals surface area contributed by atoms with E-state index in [0.717, 1.165) is 55.8 Å². The Kier molecular flexibility index (Phi) is 8.60. The van der Waals surface area contributed by atoms with E-state index in [2.05, 4.69) is 0 Å². The summed E-state index contributed by atoms with van der Waals surface area (Å²) in [5.74, 6) is 0.702. The summed E-state index contributed by atoms with van der Waals surface area (Å²) >= 11 is 0. The topological polar surface area (TPSA) is 71.8 Å². The number of para-hydroxylation sites is 1. The highest BCUT2D eigenvalue weighted by atomic mass is 16.6. The van der Waals surface area contributed by atoms with E-state index < -0.39 is 5.60 Å². The number of pyridine rings is 1. The first-order chi connectivity index (χ1) is 17.6. The number of fused-ring (bicyclic) bond motifs is 1. The number of aromatic nitrogens is 1. The SMILES string of the molecule is Cn1c(=O)c(CN(CCC2CCN(C(=O)OC(C)(C)C)CC2)C(=O)C2CCCCC2)cc2ccccc21. The Morgan fingerprint density at radius 2 is 1.70 bits per heavy atom. The molecule has 37 heavy (non-hydrogen) atoms. The van der Waals surface area contributed by atoms with Crippen molar-refractivity contribution in [2.45, 2.75) is 84.3 Å². The number of carbonyl (C=O) groups is 2. The van der Waals surface area contributed by atoms with E-state index in [9.17, 15) is 14.4 Å². The Hall–Kier alpha value is -2.83. The van der Waals surface area contributed by atoms with Gasteiger partial charge < -0.3 is 19.1 Å². The maximum Gasteiger partial charge on any atom is 0.410 e. The number of likely N-dealkylation sites (tertiary alicyclic amines) is 1. The second-order valence-electron chi connectivity index (χ2n) is 11.9. The third kappa shape index (κ3) is 6.93. The fourth-order valence-electron chi connectivity index (χ4n) is 5.75. The number of rotatable bonds is 6. The van der Waals surface area contributed by atoms with Gasteiger partial charge in [0, 0.05) is 38.2 Å². The van der Waals surface area contributed by atoms with Crippen LogP contribution in [0.15, 0.2) is 35.1 Å². The maximum absolute atomic E-state index is 13.7. The highest BCUT2D eigenvalue weighted by molar-refractivity contribution is 5.81. The molecule has 2 amide bonds. The summed E-state index contributed by atoms with van der Waals surface area (Å²) in [6, 6.07) is 9.84. The van der Waals surface area contributed by atoms with Crippen LogP contribution in [-0.4, -0.2) is 51.6 Å². The van der Waals surface area contributed by atoms with Gasteiger partial charge in [-0.05, 0) is 76.3 Å². The molecule has 2 heterocycles. The van der Waals surface area contributed by atoms with Crippen LogP contribution in [0.3, 0.4) is 0 Å². The predicted octanol–water partition coefficient (Wildman–Crippen LogP) is 5.48. The van der Waals surface area contributed by atoms with Crippen molar-refractivity contribution in [1.82, 2.24) is 14.4 Å². The Morgan fingerprint density at radius 3 is 2.38 bits per heavy atom. The van der Waals surface area contributed by atoms with Gasteiger partial charge in [0.15, 0.2) is 0 Å². The minimum absolute atomic E-state index is 0.0363. The van der Waals surface area contributed by atoms with Gasteiger partial charge in [-0.2, -0.15) is 0 Å². The third-order valence-corrected chi connectivity index (χ3v) is 7.91. The second kappa shape index (κ2) is 11.7. The maximum atomic E-state index is 13.7. The smallest absolute Gasteiger partial charge is 0.410 e. The zero-order valence-electron chi connectivity index (χ0n) is 23.0. The lowest BCUT2D eigenvalue weighted by molar-refractivity contribution is -0.137. The highest BCUT2D eigenvalue weighted by Gasteiger charge is 2.30. The molecule has 1 saturated heterocycles. The summed E-state index contributed by atoms with van der Waals surface area (Å²) in [5.41, 5.74) is 1.04. The second-order valence-corrected chi connectivity index (χ2v) is 11.9. The Morgan fingerprint density at radius 1 is 1.03 bits per heavy atom. The molecule has 1 aliphatic carbocycles. The first kappa shape index (κ1) is 27.2. The van der Waals surface area contributed by atoms with Crippen molar-refractivity contribution < 1.29 is 14.3 Å². The summed E-state index contributed by atoms with van der Waals surface area (Å²) in [5, 5.41) is 1.01. The van der Waals surface area contributed by atoms with Crippen LogP contribution in [0.4, 0.5) is 4.79 Å². The molecular weight excluding hydrogens is 466 g/mol. The summed E-state index contributed by atoms with van der Waals surface area (Å²) in [4.78, 5) is 43.0. The van der Waals surface area contributed by atoms with Gasteiger partial charge in [0.05, 0.1) is 12.1 Å². The third-order valence-electron chi connectivity index (χ3n) is 7.91. The van der Waals surface area contributed by atoms with Crippen LogP contribution < -0.4 is 5.56 Å². The Balaban J connectivity index is 1.44. The quantitative estimate of drug-likeness (QED) is 0.517. The molecule has 2 aliphatic rings. The first-order valence-electron chi connectivity index (χ1n) is 14.0. The molecule has 7 nitrogen and oxygen atoms in total. The zero-order valence-corrected chi connectivity index (χ0v) is 23.0. The molecule has 1 aromatic carbocycles. The van der Waals surface area contributed by atoms with Crippen molar-refractivity contribution in [3.05, 3.63) is 46.2 Å². The van der Waals surface area contributed by atoms with Gasteiger partial charge in [-0.3, -0.25) is 9.59 Å². The molecule has 4 rings (SSSR count). The zero-order chi connectivity index (χ0) is 26.6. The van der Waals surface area contributed by atoms with Gasteiger partial charge in [-0.25, -0.2) is 4.79 Å². The Labute approximate surface area is 220 Å². The van der Waals surface area contributed by atoms with E-state index in [0.29, 0.717) is 37.7 Å². The van der Waals surface area contributed by atoms with Gasteiger partial charge in [0.2, 0.25) is 5.91 Å². The van der Waals surface area contributed by atoms with Crippen LogP contribution in [0.5, 0.6) is 0 Å². The molecule has 7 heteroatoms. The molecule has 2 fully saturated rings. The average Bonchev–Trinajstić information content (AvgIpc) is 2.88. The summed E-state index contributed by atoms with van der Waals surface area (Å²) in [7, 11) is 1.81. The van der Waals surface area contributed by atoms with Crippen molar-refractivity contribution in [3.63, 3.8) is 0 Å². The molecule has 0 N–H and O–H groups in total. The molecule has 0 atom stereocenters. The van der Waals surface area contributed by atoms with Gasteiger partial charge >= 0.3 is 6.09 Å². The molecule has 1 saturated carbocycles. The van der Waals surface area contributed by atoms with Crippen molar-refractivity contribution in [1.29, 1.82) is 0 Å². The van der Waals surface area contributed by atoms with Crippen molar-refractivity contribution in [3.8, 4) is 0 Å². The number of ether oxygens (including phenoxy) is 1. The van der Waals surface area contributed by atoms with E-state index >= 15 is 0 Å². The molecule has 0 unspecified atom stereocenters. The van der Waals surface area contributed by atoms with Crippen LogP contribution >= 0.6 is 0 Å². The normalized spacial score (nSPS) is 17.7. The largest absolute Gasteiger partial charge is 0.444 e. The highest BCUT2D eigenvalue weighted by Crippen LogP contribution is 2.28. The molecule has 1 aliphatic heterocycles. The van der Waals surface area contributed by atoms with Crippen LogP contribution in [0.1, 0.15) is 77.7 Å². The number of benzene rings is 1. The van der Waals surface area contributed by atoms with Crippen LogP contribution in [0.25, 0.3) is 10.9 Å². The molecule has 0 bridgehead atoms. The van der Waals surface area contributed by atoms with Crippen molar-refractivity contribution >= 4 is 22.9 Å². The molecule has 1 aromatic heterocycles. The molecular formula is C30H43N3O4.